The maximum atomic E-state index is 8.76. The lowest BCUT2D eigenvalue weighted by Crippen LogP contribution is -2.01. The molecule has 0 radical (unpaired) electrons. The van der Waals surface area contributed by atoms with Crippen molar-refractivity contribution < 1.29 is 0 Å². The fourth-order valence-electron chi connectivity index (χ4n) is 1.66. The van der Waals surface area contributed by atoms with Crippen molar-refractivity contribution in [3.05, 3.63) is 47.2 Å². The number of aryl methyl sites for hydroxylation is 1. The van der Waals surface area contributed by atoms with Crippen LogP contribution in [0.5, 0.6) is 0 Å². The summed E-state index contributed by atoms with van der Waals surface area (Å²) in [7, 11) is 0. The molecule has 0 atom stereocenters. The van der Waals surface area contributed by atoms with Crippen LogP contribution in [0.2, 0.25) is 0 Å². The van der Waals surface area contributed by atoms with E-state index in [0.29, 0.717) is 17.1 Å². The first kappa shape index (κ1) is 11.9. The van der Waals surface area contributed by atoms with E-state index >= 15 is 0 Å². The summed E-state index contributed by atoms with van der Waals surface area (Å²) in [6, 6.07) is 9.62. The number of hydrogen-bond donors (Lipinski definition) is 2. The molecule has 90 valence electrons. The first-order valence-electron chi connectivity index (χ1n) is 5.60. The molecule has 4 nitrogen and oxygen atoms in total. The molecule has 0 aliphatic heterocycles. The van der Waals surface area contributed by atoms with Crippen molar-refractivity contribution in [2.45, 2.75) is 13.8 Å². The van der Waals surface area contributed by atoms with Crippen molar-refractivity contribution >= 4 is 17.2 Å². The number of nitrogens with two attached hydrogens (primary N) is 1. The van der Waals surface area contributed by atoms with E-state index in [4.69, 9.17) is 11.0 Å². The molecular formula is C14H14N4. The predicted molar refractivity (Wildman–Crippen MR) is 72.6 cm³/mol. The van der Waals surface area contributed by atoms with Crippen LogP contribution in [0, 0.1) is 25.2 Å². The molecule has 2 aromatic rings. The molecular weight excluding hydrogens is 224 g/mol. The highest BCUT2D eigenvalue weighted by Crippen LogP contribution is 2.25. The second-order valence-corrected chi connectivity index (χ2v) is 4.15. The van der Waals surface area contributed by atoms with E-state index < -0.39 is 0 Å². The number of anilines is 3. The molecule has 0 spiro atoms. The molecule has 18 heavy (non-hydrogen) atoms. The lowest BCUT2D eigenvalue weighted by molar-refractivity contribution is 1.27. The van der Waals surface area contributed by atoms with Crippen LogP contribution in [-0.2, 0) is 0 Å². The third-order valence-electron chi connectivity index (χ3n) is 2.90. The van der Waals surface area contributed by atoms with Crippen LogP contribution in [0.4, 0.5) is 17.2 Å². The summed E-state index contributed by atoms with van der Waals surface area (Å²) in [5.41, 5.74) is 10.1. The fourth-order valence-corrected chi connectivity index (χ4v) is 1.66. The average Bonchev–Trinajstić information content (AvgIpc) is 2.37. The SMILES string of the molecule is Cc1cccc(Nc2ncc(C#N)cc2N)c1C. The number of nitrogens with one attached hydrogen (secondary N) is 1. The van der Waals surface area contributed by atoms with Gasteiger partial charge in [-0.3, -0.25) is 0 Å². The zero-order valence-electron chi connectivity index (χ0n) is 10.4. The van der Waals surface area contributed by atoms with Gasteiger partial charge in [0.2, 0.25) is 0 Å². The van der Waals surface area contributed by atoms with E-state index in [-0.39, 0.29) is 0 Å². The second kappa shape index (κ2) is 4.76. The summed E-state index contributed by atoms with van der Waals surface area (Å²) in [5.74, 6) is 0.572. The van der Waals surface area contributed by atoms with Crippen LogP contribution in [0.15, 0.2) is 30.5 Å². The minimum atomic E-state index is 0.457. The third-order valence-corrected chi connectivity index (χ3v) is 2.90. The lowest BCUT2D eigenvalue weighted by Gasteiger charge is -2.12. The quantitative estimate of drug-likeness (QED) is 0.843. The van der Waals surface area contributed by atoms with Crippen LogP contribution in [0.1, 0.15) is 16.7 Å². The van der Waals surface area contributed by atoms with Crippen molar-refractivity contribution in [1.29, 1.82) is 5.26 Å². The highest BCUT2D eigenvalue weighted by Gasteiger charge is 2.05. The standard InChI is InChI=1S/C14H14N4/c1-9-4-3-5-13(10(9)2)18-14-12(16)6-11(7-15)8-17-14/h3-6,8H,16H2,1-2H3,(H,17,18). The van der Waals surface area contributed by atoms with Crippen LogP contribution in [-0.4, -0.2) is 4.98 Å². The molecule has 4 heteroatoms. The van der Waals surface area contributed by atoms with Gasteiger partial charge in [-0.05, 0) is 37.1 Å². The number of nitrogen functional groups attached to an aromatic ring is 1. The fraction of sp³-hybridized carbons (Fsp3) is 0.143. The summed E-state index contributed by atoms with van der Waals surface area (Å²) in [5, 5.41) is 11.9. The number of nitriles is 1. The van der Waals surface area contributed by atoms with E-state index in [0.717, 1.165) is 11.3 Å². The van der Waals surface area contributed by atoms with Crippen LogP contribution >= 0.6 is 0 Å². The minimum Gasteiger partial charge on any atom is -0.396 e. The molecule has 0 unspecified atom stereocenters. The minimum absolute atomic E-state index is 0.457. The van der Waals surface area contributed by atoms with Gasteiger partial charge in [0.1, 0.15) is 6.07 Å². The molecule has 0 bridgehead atoms. The largest absolute Gasteiger partial charge is 0.396 e. The monoisotopic (exact) mass is 238 g/mol. The van der Waals surface area contributed by atoms with Crippen LogP contribution < -0.4 is 11.1 Å². The van der Waals surface area contributed by atoms with E-state index in [9.17, 15) is 0 Å². The van der Waals surface area contributed by atoms with Gasteiger partial charge in [0, 0.05) is 11.9 Å². The Morgan fingerprint density at radius 3 is 2.78 bits per heavy atom. The average molecular weight is 238 g/mol. The summed E-state index contributed by atoms with van der Waals surface area (Å²) >= 11 is 0. The van der Waals surface area contributed by atoms with E-state index in [2.05, 4.69) is 23.3 Å². The summed E-state index contributed by atoms with van der Waals surface area (Å²) < 4.78 is 0. The maximum absolute atomic E-state index is 8.76. The van der Waals surface area contributed by atoms with Crippen LogP contribution in [0.3, 0.4) is 0 Å². The summed E-state index contributed by atoms with van der Waals surface area (Å²) in [4.78, 5) is 4.16. The molecule has 0 aliphatic carbocycles. The zero-order valence-corrected chi connectivity index (χ0v) is 10.4. The lowest BCUT2D eigenvalue weighted by atomic mass is 10.1. The molecule has 1 aromatic heterocycles. The Balaban J connectivity index is 2.35. The topological polar surface area (TPSA) is 74.7 Å². The van der Waals surface area contributed by atoms with Gasteiger partial charge in [-0.1, -0.05) is 12.1 Å². The third kappa shape index (κ3) is 2.25. The Morgan fingerprint density at radius 1 is 1.33 bits per heavy atom. The van der Waals surface area contributed by atoms with Gasteiger partial charge in [0.15, 0.2) is 5.82 Å². The molecule has 0 fully saturated rings. The number of benzene rings is 1. The van der Waals surface area contributed by atoms with E-state index in [1.165, 1.54) is 11.8 Å². The Morgan fingerprint density at radius 2 is 2.11 bits per heavy atom. The Hall–Kier alpha value is -2.54. The number of hydrogen-bond acceptors (Lipinski definition) is 4. The van der Waals surface area contributed by atoms with Crippen molar-refractivity contribution in [3.8, 4) is 6.07 Å². The highest BCUT2D eigenvalue weighted by atomic mass is 15.0. The van der Waals surface area contributed by atoms with Gasteiger partial charge in [-0.15, -0.1) is 0 Å². The first-order chi connectivity index (χ1) is 8.61. The Bertz CT molecular complexity index is 626. The van der Waals surface area contributed by atoms with Gasteiger partial charge in [-0.2, -0.15) is 5.26 Å². The maximum Gasteiger partial charge on any atom is 0.153 e. The van der Waals surface area contributed by atoms with Gasteiger partial charge < -0.3 is 11.1 Å². The van der Waals surface area contributed by atoms with Crippen molar-refractivity contribution in [1.82, 2.24) is 4.98 Å². The van der Waals surface area contributed by atoms with Gasteiger partial charge in [0.05, 0.1) is 11.3 Å². The van der Waals surface area contributed by atoms with E-state index in [1.807, 2.05) is 25.1 Å². The van der Waals surface area contributed by atoms with Gasteiger partial charge >= 0.3 is 0 Å². The molecule has 0 amide bonds. The van der Waals surface area contributed by atoms with Crippen molar-refractivity contribution in [2.75, 3.05) is 11.1 Å². The summed E-state index contributed by atoms with van der Waals surface area (Å²) in [6.45, 7) is 4.09. The second-order valence-electron chi connectivity index (χ2n) is 4.15. The smallest absolute Gasteiger partial charge is 0.153 e. The first-order valence-corrected chi connectivity index (χ1v) is 5.60. The molecule has 0 aliphatic rings. The summed E-state index contributed by atoms with van der Waals surface area (Å²) in [6.07, 6.45) is 1.50. The van der Waals surface area contributed by atoms with Crippen molar-refractivity contribution in [3.63, 3.8) is 0 Å². The van der Waals surface area contributed by atoms with E-state index in [1.54, 1.807) is 6.07 Å². The number of pyridine rings is 1. The van der Waals surface area contributed by atoms with Gasteiger partial charge in [-0.25, -0.2) is 4.98 Å². The molecule has 1 aromatic carbocycles. The highest BCUT2D eigenvalue weighted by molar-refractivity contribution is 5.71. The Kier molecular flexibility index (Phi) is 3.16. The normalized spacial score (nSPS) is 9.83. The van der Waals surface area contributed by atoms with Crippen LogP contribution in [0.25, 0.3) is 0 Å². The number of aromatic nitrogens is 1. The zero-order chi connectivity index (χ0) is 13.1. The number of rotatable bonds is 2. The molecule has 1 heterocycles. The molecule has 0 saturated carbocycles. The van der Waals surface area contributed by atoms with Crippen molar-refractivity contribution in [2.24, 2.45) is 0 Å². The van der Waals surface area contributed by atoms with Gasteiger partial charge in [0.25, 0.3) is 0 Å². The molecule has 3 N–H and O–H groups in total. The molecule has 2 rings (SSSR count). The Labute approximate surface area is 106 Å². The predicted octanol–water partition coefficient (Wildman–Crippen LogP) is 2.90. The molecule has 0 saturated heterocycles. The number of nitrogens with zero attached hydrogens (tertiary/aromatic N) is 2.